The van der Waals surface area contributed by atoms with Gasteiger partial charge in [0.25, 0.3) is 5.91 Å². The fourth-order valence-electron chi connectivity index (χ4n) is 1.51. The molecule has 0 fully saturated rings. The number of alkyl halides is 3. The second-order valence-corrected chi connectivity index (χ2v) is 5.27. The molecule has 1 amide bonds. The molecule has 0 aliphatic heterocycles. The Bertz CT molecular complexity index is 538. The third-order valence-electron chi connectivity index (χ3n) is 2.96. The standard InChI is InChI=1S/C14H16F3NO4/c1-13(2,12(20)21)7-8-18-11(19)9-3-5-10(6-4-9)22-14(15,16)17/h3-6H,7-8H2,1-2H3,(H,18,19)(H,20,21). The number of benzene rings is 1. The second kappa shape index (κ2) is 6.67. The summed E-state index contributed by atoms with van der Waals surface area (Å²) in [4.78, 5) is 22.7. The van der Waals surface area contributed by atoms with E-state index in [2.05, 4.69) is 10.1 Å². The number of halogens is 3. The van der Waals surface area contributed by atoms with Crippen molar-refractivity contribution in [2.45, 2.75) is 26.6 Å². The lowest BCUT2D eigenvalue weighted by Gasteiger charge is -2.18. The lowest BCUT2D eigenvalue weighted by molar-refractivity contribution is -0.274. The number of rotatable bonds is 6. The number of carboxylic acid groups (broad SMARTS) is 1. The van der Waals surface area contributed by atoms with Crippen LogP contribution >= 0.6 is 0 Å². The first-order valence-corrected chi connectivity index (χ1v) is 6.39. The molecule has 8 heteroatoms. The van der Waals surface area contributed by atoms with Gasteiger partial charge in [-0.2, -0.15) is 0 Å². The molecule has 1 rings (SSSR count). The Kier molecular flexibility index (Phi) is 5.40. The number of carboxylic acids is 1. The van der Waals surface area contributed by atoms with Gasteiger partial charge in [0.05, 0.1) is 5.41 Å². The first kappa shape index (κ1) is 17.8. The van der Waals surface area contributed by atoms with Crippen LogP contribution in [0.4, 0.5) is 13.2 Å². The van der Waals surface area contributed by atoms with Crippen molar-refractivity contribution in [2.75, 3.05) is 6.54 Å². The first-order valence-electron chi connectivity index (χ1n) is 6.39. The topological polar surface area (TPSA) is 75.6 Å². The van der Waals surface area contributed by atoms with E-state index in [9.17, 15) is 22.8 Å². The van der Waals surface area contributed by atoms with Gasteiger partial charge in [-0.1, -0.05) is 0 Å². The van der Waals surface area contributed by atoms with Gasteiger partial charge in [0.15, 0.2) is 0 Å². The van der Waals surface area contributed by atoms with Crippen LogP contribution in [0.1, 0.15) is 30.6 Å². The van der Waals surface area contributed by atoms with Crippen molar-refractivity contribution in [3.05, 3.63) is 29.8 Å². The number of carbonyl (C=O) groups is 2. The molecular formula is C14H16F3NO4. The van der Waals surface area contributed by atoms with E-state index in [4.69, 9.17) is 5.11 Å². The lowest BCUT2D eigenvalue weighted by atomic mass is 9.90. The van der Waals surface area contributed by atoms with Gasteiger partial charge < -0.3 is 15.2 Å². The zero-order chi connectivity index (χ0) is 17.0. The fraction of sp³-hybridized carbons (Fsp3) is 0.429. The summed E-state index contributed by atoms with van der Waals surface area (Å²) in [7, 11) is 0. The Balaban J connectivity index is 2.55. The highest BCUT2D eigenvalue weighted by Crippen LogP contribution is 2.23. The summed E-state index contributed by atoms with van der Waals surface area (Å²) in [5.74, 6) is -1.90. The van der Waals surface area contributed by atoms with Gasteiger partial charge in [0, 0.05) is 12.1 Å². The molecule has 0 aromatic heterocycles. The van der Waals surface area contributed by atoms with Crippen molar-refractivity contribution < 1.29 is 32.6 Å². The molecule has 0 aliphatic carbocycles. The van der Waals surface area contributed by atoms with Crippen LogP contribution in [0.5, 0.6) is 5.75 Å². The molecule has 0 unspecified atom stereocenters. The SMILES string of the molecule is CC(C)(CCNC(=O)c1ccc(OC(F)(F)F)cc1)C(=O)O. The molecule has 0 bridgehead atoms. The Hall–Kier alpha value is -2.25. The molecule has 0 aliphatic rings. The Morgan fingerprint density at radius 3 is 2.18 bits per heavy atom. The normalized spacial score (nSPS) is 11.9. The zero-order valence-electron chi connectivity index (χ0n) is 12.0. The molecule has 122 valence electrons. The second-order valence-electron chi connectivity index (χ2n) is 5.27. The molecule has 0 radical (unpaired) electrons. The van der Waals surface area contributed by atoms with E-state index < -0.39 is 29.4 Å². The highest BCUT2D eigenvalue weighted by Gasteiger charge is 2.31. The largest absolute Gasteiger partial charge is 0.573 e. The number of ether oxygens (including phenoxy) is 1. The van der Waals surface area contributed by atoms with Crippen molar-refractivity contribution in [1.29, 1.82) is 0 Å². The van der Waals surface area contributed by atoms with Gasteiger partial charge in [0.1, 0.15) is 5.75 Å². The summed E-state index contributed by atoms with van der Waals surface area (Å²) < 4.78 is 39.7. The predicted molar refractivity (Wildman–Crippen MR) is 71.5 cm³/mol. The van der Waals surface area contributed by atoms with Crippen LogP contribution in [0, 0.1) is 5.41 Å². The van der Waals surface area contributed by atoms with E-state index in [0.717, 1.165) is 12.1 Å². The summed E-state index contributed by atoms with van der Waals surface area (Å²) in [6.07, 6.45) is -4.56. The Morgan fingerprint density at radius 2 is 1.73 bits per heavy atom. The minimum absolute atomic E-state index is 0.138. The minimum atomic E-state index is -4.79. The van der Waals surface area contributed by atoms with E-state index in [0.29, 0.717) is 0 Å². The van der Waals surface area contributed by atoms with Gasteiger partial charge in [0.2, 0.25) is 0 Å². The summed E-state index contributed by atoms with van der Waals surface area (Å²) in [6.45, 7) is 3.20. The molecule has 2 N–H and O–H groups in total. The van der Waals surface area contributed by atoms with Crippen molar-refractivity contribution >= 4 is 11.9 Å². The molecule has 0 saturated heterocycles. The van der Waals surface area contributed by atoms with E-state index in [-0.39, 0.29) is 18.5 Å². The number of nitrogens with one attached hydrogen (secondary N) is 1. The zero-order valence-corrected chi connectivity index (χ0v) is 12.0. The number of aliphatic carboxylic acids is 1. The molecule has 0 saturated carbocycles. The molecular weight excluding hydrogens is 303 g/mol. The number of amides is 1. The molecule has 22 heavy (non-hydrogen) atoms. The molecule has 0 atom stereocenters. The number of hydrogen-bond acceptors (Lipinski definition) is 3. The van der Waals surface area contributed by atoms with Crippen LogP contribution in [-0.2, 0) is 4.79 Å². The number of hydrogen-bond donors (Lipinski definition) is 2. The van der Waals surface area contributed by atoms with Crippen LogP contribution in [0.3, 0.4) is 0 Å². The predicted octanol–water partition coefficient (Wildman–Crippen LogP) is 2.82. The van der Waals surface area contributed by atoms with Crippen molar-refractivity contribution in [3.63, 3.8) is 0 Å². The van der Waals surface area contributed by atoms with E-state index in [1.807, 2.05) is 0 Å². The first-order chi connectivity index (χ1) is 10.0. The Labute approximate surface area is 125 Å². The van der Waals surface area contributed by atoms with E-state index in [1.54, 1.807) is 0 Å². The summed E-state index contributed by atoms with van der Waals surface area (Å²) in [5, 5.41) is 11.4. The molecule has 5 nitrogen and oxygen atoms in total. The highest BCUT2D eigenvalue weighted by molar-refractivity contribution is 5.94. The van der Waals surface area contributed by atoms with Gasteiger partial charge in [-0.05, 0) is 44.5 Å². The molecule has 1 aromatic rings. The molecule has 1 aromatic carbocycles. The van der Waals surface area contributed by atoms with Crippen LogP contribution in [0.25, 0.3) is 0 Å². The maximum Gasteiger partial charge on any atom is 0.573 e. The van der Waals surface area contributed by atoms with Crippen molar-refractivity contribution in [3.8, 4) is 5.75 Å². The maximum atomic E-state index is 12.0. The smallest absolute Gasteiger partial charge is 0.481 e. The van der Waals surface area contributed by atoms with Gasteiger partial charge in [-0.3, -0.25) is 9.59 Å². The van der Waals surface area contributed by atoms with E-state index >= 15 is 0 Å². The Morgan fingerprint density at radius 1 is 1.18 bits per heavy atom. The van der Waals surface area contributed by atoms with Crippen molar-refractivity contribution in [2.24, 2.45) is 5.41 Å². The average molecular weight is 319 g/mol. The summed E-state index contributed by atoms with van der Waals surface area (Å²) in [6, 6.07) is 4.45. The maximum absolute atomic E-state index is 12.0. The van der Waals surface area contributed by atoms with Gasteiger partial charge >= 0.3 is 12.3 Å². The highest BCUT2D eigenvalue weighted by atomic mass is 19.4. The van der Waals surface area contributed by atoms with Crippen molar-refractivity contribution in [1.82, 2.24) is 5.32 Å². The molecule has 0 heterocycles. The minimum Gasteiger partial charge on any atom is -0.481 e. The summed E-state index contributed by atoms with van der Waals surface area (Å²) in [5.41, 5.74) is -0.819. The third-order valence-corrected chi connectivity index (χ3v) is 2.96. The third kappa shape index (κ3) is 5.63. The fourth-order valence-corrected chi connectivity index (χ4v) is 1.51. The van der Waals surface area contributed by atoms with E-state index in [1.165, 1.54) is 26.0 Å². The van der Waals surface area contributed by atoms with Crippen LogP contribution < -0.4 is 10.1 Å². The number of carbonyl (C=O) groups excluding carboxylic acids is 1. The quantitative estimate of drug-likeness (QED) is 0.845. The van der Waals surface area contributed by atoms with Crippen LogP contribution in [0.2, 0.25) is 0 Å². The van der Waals surface area contributed by atoms with Crippen LogP contribution in [-0.4, -0.2) is 29.9 Å². The average Bonchev–Trinajstić information content (AvgIpc) is 2.37. The lowest BCUT2D eigenvalue weighted by Crippen LogP contribution is -2.31. The molecule has 0 spiro atoms. The monoisotopic (exact) mass is 319 g/mol. The van der Waals surface area contributed by atoms with Crippen LogP contribution in [0.15, 0.2) is 24.3 Å². The van der Waals surface area contributed by atoms with Gasteiger partial charge in [-0.25, -0.2) is 0 Å². The van der Waals surface area contributed by atoms with Gasteiger partial charge in [-0.15, -0.1) is 13.2 Å². The summed E-state index contributed by atoms with van der Waals surface area (Å²) >= 11 is 0.